The SMILES string of the molecule is CC(C)N1CCCC[C@@H]1CNC(=O)N1CC[C@@H]([C@H](C)O)C1. The summed E-state index contributed by atoms with van der Waals surface area (Å²) in [6, 6.07) is 1.05. The van der Waals surface area contributed by atoms with E-state index in [1.807, 2.05) is 11.8 Å². The normalized spacial score (nSPS) is 28.9. The summed E-state index contributed by atoms with van der Waals surface area (Å²) in [6.45, 7) is 9.61. The van der Waals surface area contributed by atoms with Gasteiger partial charge in [0.05, 0.1) is 6.10 Å². The van der Waals surface area contributed by atoms with E-state index < -0.39 is 0 Å². The van der Waals surface area contributed by atoms with Crippen LogP contribution in [-0.4, -0.2) is 65.3 Å². The first kappa shape index (κ1) is 16.6. The van der Waals surface area contributed by atoms with Gasteiger partial charge < -0.3 is 15.3 Å². The van der Waals surface area contributed by atoms with Crippen molar-refractivity contribution in [2.45, 2.75) is 64.6 Å². The number of nitrogens with one attached hydrogen (secondary N) is 1. The average Bonchev–Trinajstić information content (AvgIpc) is 2.95. The summed E-state index contributed by atoms with van der Waals surface area (Å²) in [6.07, 6.45) is 4.29. The third kappa shape index (κ3) is 4.33. The molecule has 5 heteroatoms. The van der Waals surface area contributed by atoms with Gasteiger partial charge >= 0.3 is 6.03 Å². The Morgan fingerprint density at radius 2 is 2.00 bits per heavy atom. The third-order valence-corrected chi connectivity index (χ3v) is 5.02. The maximum atomic E-state index is 12.2. The number of hydrogen-bond donors (Lipinski definition) is 2. The summed E-state index contributed by atoms with van der Waals surface area (Å²) in [5.41, 5.74) is 0. The molecule has 2 fully saturated rings. The van der Waals surface area contributed by atoms with Crippen molar-refractivity contribution in [2.75, 3.05) is 26.2 Å². The molecular weight excluding hydrogens is 266 g/mol. The van der Waals surface area contributed by atoms with Gasteiger partial charge in [0.15, 0.2) is 0 Å². The van der Waals surface area contributed by atoms with Crippen LogP contribution in [0.5, 0.6) is 0 Å². The van der Waals surface area contributed by atoms with E-state index in [9.17, 15) is 9.90 Å². The molecule has 0 aromatic carbocycles. The van der Waals surface area contributed by atoms with E-state index >= 15 is 0 Å². The van der Waals surface area contributed by atoms with E-state index in [2.05, 4.69) is 24.1 Å². The molecule has 0 radical (unpaired) electrons. The Bertz CT molecular complexity index is 346. The molecule has 0 bridgehead atoms. The lowest BCUT2D eigenvalue weighted by molar-refractivity contribution is 0.109. The van der Waals surface area contributed by atoms with Crippen LogP contribution in [-0.2, 0) is 0 Å². The smallest absolute Gasteiger partial charge is 0.317 e. The van der Waals surface area contributed by atoms with Crippen molar-refractivity contribution in [1.82, 2.24) is 15.1 Å². The second-order valence-electron chi connectivity index (χ2n) is 6.90. The number of piperidine rings is 1. The van der Waals surface area contributed by atoms with Crippen LogP contribution in [0.15, 0.2) is 0 Å². The van der Waals surface area contributed by atoms with Gasteiger partial charge in [-0.1, -0.05) is 6.42 Å². The fourth-order valence-electron chi connectivity index (χ4n) is 3.60. The zero-order chi connectivity index (χ0) is 15.4. The molecule has 122 valence electrons. The number of hydrogen-bond acceptors (Lipinski definition) is 3. The van der Waals surface area contributed by atoms with Gasteiger partial charge in [0.1, 0.15) is 0 Å². The van der Waals surface area contributed by atoms with E-state index in [0.717, 1.165) is 26.1 Å². The molecule has 0 spiro atoms. The van der Waals surface area contributed by atoms with Crippen molar-refractivity contribution in [1.29, 1.82) is 0 Å². The number of amides is 2. The monoisotopic (exact) mass is 297 g/mol. The minimum absolute atomic E-state index is 0.0347. The quantitative estimate of drug-likeness (QED) is 0.830. The molecule has 0 unspecified atom stereocenters. The maximum absolute atomic E-state index is 12.2. The van der Waals surface area contributed by atoms with Crippen LogP contribution < -0.4 is 5.32 Å². The van der Waals surface area contributed by atoms with E-state index in [1.54, 1.807) is 0 Å². The van der Waals surface area contributed by atoms with Crippen molar-refractivity contribution in [2.24, 2.45) is 5.92 Å². The molecular formula is C16H31N3O2. The molecule has 0 aliphatic carbocycles. The molecule has 3 atom stereocenters. The van der Waals surface area contributed by atoms with Gasteiger partial charge in [-0.2, -0.15) is 0 Å². The molecule has 5 nitrogen and oxygen atoms in total. The van der Waals surface area contributed by atoms with E-state index in [1.165, 1.54) is 19.3 Å². The lowest BCUT2D eigenvalue weighted by Crippen LogP contribution is -2.51. The summed E-state index contributed by atoms with van der Waals surface area (Å²) in [4.78, 5) is 16.6. The van der Waals surface area contributed by atoms with Crippen LogP contribution in [0.4, 0.5) is 4.79 Å². The molecule has 2 rings (SSSR count). The van der Waals surface area contributed by atoms with Gasteiger partial charge in [-0.15, -0.1) is 0 Å². The number of urea groups is 1. The van der Waals surface area contributed by atoms with Crippen molar-refractivity contribution in [3.05, 3.63) is 0 Å². The van der Waals surface area contributed by atoms with Crippen molar-refractivity contribution >= 4 is 6.03 Å². The Morgan fingerprint density at radius 3 is 2.62 bits per heavy atom. The topological polar surface area (TPSA) is 55.8 Å². The Labute approximate surface area is 128 Å². The van der Waals surface area contributed by atoms with Gasteiger partial charge in [0.2, 0.25) is 0 Å². The number of carbonyl (C=O) groups excluding carboxylic acids is 1. The lowest BCUT2D eigenvalue weighted by atomic mass is 10.0. The Balaban J connectivity index is 1.78. The van der Waals surface area contributed by atoms with Gasteiger partial charge in [0.25, 0.3) is 0 Å². The molecule has 0 saturated carbocycles. The predicted molar refractivity (Wildman–Crippen MR) is 84.2 cm³/mol. The van der Waals surface area contributed by atoms with Gasteiger partial charge in [0, 0.05) is 37.6 Å². The first-order chi connectivity index (χ1) is 9.99. The van der Waals surface area contributed by atoms with Crippen LogP contribution in [0.2, 0.25) is 0 Å². The lowest BCUT2D eigenvalue weighted by Gasteiger charge is -2.38. The summed E-state index contributed by atoms with van der Waals surface area (Å²) < 4.78 is 0. The average molecular weight is 297 g/mol. The fourth-order valence-corrected chi connectivity index (χ4v) is 3.60. The number of likely N-dealkylation sites (tertiary alicyclic amines) is 2. The maximum Gasteiger partial charge on any atom is 0.317 e. The van der Waals surface area contributed by atoms with Crippen molar-refractivity contribution in [3.8, 4) is 0 Å². The highest BCUT2D eigenvalue weighted by atomic mass is 16.3. The summed E-state index contributed by atoms with van der Waals surface area (Å²) in [5, 5.41) is 12.7. The number of aliphatic hydroxyl groups is 1. The van der Waals surface area contributed by atoms with Crippen molar-refractivity contribution < 1.29 is 9.90 Å². The third-order valence-electron chi connectivity index (χ3n) is 5.02. The van der Waals surface area contributed by atoms with Crippen LogP contribution in [0, 0.1) is 5.92 Å². The molecule has 0 aromatic rings. The standard InChI is InChI=1S/C16H31N3O2/c1-12(2)19-8-5-4-6-15(19)10-17-16(21)18-9-7-14(11-18)13(3)20/h12-15,20H,4-11H2,1-3H3,(H,17,21)/t13-,14+,15+/m0/s1. The minimum Gasteiger partial charge on any atom is -0.393 e. The Morgan fingerprint density at radius 1 is 1.24 bits per heavy atom. The second kappa shape index (κ2) is 7.45. The first-order valence-corrected chi connectivity index (χ1v) is 8.45. The van der Waals surface area contributed by atoms with Crippen LogP contribution in [0.25, 0.3) is 0 Å². The van der Waals surface area contributed by atoms with E-state index in [0.29, 0.717) is 18.6 Å². The highest BCUT2D eigenvalue weighted by Crippen LogP contribution is 2.21. The number of carbonyl (C=O) groups is 1. The van der Waals surface area contributed by atoms with E-state index in [-0.39, 0.29) is 18.1 Å². The summed E-state index contributed by atoms with van der Waals surface area (Å²) in [7, 11) is 0. The zero-order valence-corrected chi connectivity index (χ0v) is 13.7. The highest BCUT2D eigenvalue weighted by molar-refractivity contribution is 5.74. The van der Waals surface area contributed by atoms with Crippen molar-refractivity contribution in [3.63, 3.8) is 0 Å². The minimum atomic E-state index is -0.322. The van der Waals surface area contributed by atoms with Gasteiger partial charge in [-0.3, -0.25) is 4.90 Å². The molecule has 2 N–H and O–H groups in total. The molecule has 21 heavy (non-hydrogen) atoms. The summed E-state index contributed by atoms with van der Waals surface area (Å²) in [5.74, 6) is 0.234. The molecule has 2 saturated heterocycles. The largest absolute Gasteiger partial charge is 0.393 e. The van der Waals surface area contributed by atoms with E-state index in [4.69, 9.17) is 0 Å². The zero-order valence-electron chi connectivity index (χ0n) is 13.7. The predicted octanol–water partition coefficient (Wildman–Crippen LogP) is 1.66. The summed E-state index contributed by atoms with van der Waals surface area (Å²) >= 11 is 0. The molecule has 2 heterocycles. The molecule has 2 aliphatic rings. The number of aliphatic hydroxyl groups excluding tert-OH is 1. The number of nitrogens with zero attached hydrogens (tertiary/aromatic N) is 2. The van der Waals surface area contributed by atoms with Crippen LogP contribution in [0.1, 0.15) is 46.5 Å². The highest BCUT2D eigenvalue weighted by Gasteiger charge is 2.30. The van der Waals surface area contributed by atoms with Crippen LogP contribution in [0.3, 0.4) is 0 Å². The first-order valence-electron chi connectivity index (χ1n) is 8.45. The van der Waals surface area contributed by atoms with Gasteiger partial charge in [-0.25, -0.2) is 4.79 Å². The molecule has 2 aliphatic heterocycles. The molecule has 0 aromatic heterocycles. The Kier molecular flexibility index (Phi) is 5.88. The second-order valence-corrected chi connectivity index (χ2v) is 6.90. The Hall–Kier alpha value is -0.810. The number of rotatable bonds is 4. The molecule has 2 amide bonds. The fraction of sp³-hybridized carbons (Fsp3) is 0.938. The van der Waals surface area contributed by atoms with Gasteiger partial charge in [-0.05, 0) is 46.6 Å². The van der Waals surface area contributed by atoms with Crippen LogP contribution >= 0.6 is 0 Å².